The molecule has 2 aliphatic rings. The molecule has 1 atom stereocenters. The van der Waals surface area contributed by atoms with Crippen molar-refractivity contribution in [2.45, 2.75) is 32.5 Å². The summed E-state index contributed by atoms with van der Waals surface area (Å²) in [6.07, 6.45) is 0.170. The number of nitrogens with zero attached hydrogens (tertiary/aromatic N) is 1. The fourth-order valence-electron chi connectivity index (χ4n) is 3.74. The largest absolute Gasteiger partial charge is 0.491 e. The lowest BCUT2D eigenvalue weighted by atomic mass is 10.0. The van der Waals surface area contributed by atoms with Crippen LogP contribution in [0.15, 0.2) is 42.5 Å². The molecule has 144 valence electrons. The normalized spacial score (nSPS) is 19.9. The summed E-state index contributed by atoms with van der Waals surface area (Å²) in [5, 5.41) is 3.65. The van der Waals surface area contributed by atoms with E-state index in [0.717, 1.165) is 43.4 Å². The number of rotatable bonds is 5. The van der Waals surface area contributed by atoms with E-state index < -0.39 is 0 Å². The van der Waals surface area contributed by atoms with Crippen molar-refractivity contribution in [2.75, 3.05) is 32.8 Å². The highest BCUT2D eigenvalue weighted by molar-refractivity contribution is 5.44. The van der Waals surface area contributed by atoms with Gasteiger partial charge in [-0.25, -0.2) is 0 Å². The van der Waals surface area contributed by atoms with Crippen molar-refractivity contribution in [1.82, 2.24) is 10.2 Å². The van der Waals surface area contributed by atoms with Gasteiger partial charge >= 0.3 is 0 Å². The zero-order valence-corrected chi connectivity index (χ0v) is 16.1. The molecule has 2 aromatic carbocycles. The molecule has 4 rings (SSSR count). The van der Waals surface area contributed by atoms with Crippen LogP contribution < -0.4 is 19.5 Å². The lowest BCUT2D eigenvalue weighted by Crippen LogP contribution is -2.45. The standard InChI is InChI=1S/C22H28N2O3/c1-16(2)27-20-6-4-3-5-18(20)19-15-24(10-9-23-19)14-17-7-8-21-22(13-17)26-12-11-25-21/h3-8,13,16,19,23H,9-12,14-15H2,1-2H3. The molecule has 2 aliphatic heterocycles. The van der Waals surface area contributed by atoms with Gasteiger partial charge in [0.15, 0.2) is 11.5 Å². The third kappa shape index (κ3) is 4.37. The van der Waals surface area contributed by atoms with Crippen molar-refractivity contribution < 1.29 is 14.2 Å². The van der Waals surface area contributed by atoms with E-state index >= 15 is 0 Å². The average Bonchev–Trinajstić information content (AvgIpc) is 2.68. The molecule has 5 nitrogen and oxygen atoms in total. The Morgan fingerprint density at radius 1 is 1.11 bits per heavy atom. The van der Waals surface area contributed by atoms with E-state index in [4.69, 9.17) is 14.2 Å². The Balaban J connectivity index is 1.46. The second-order valence-corrected chi connectivity index (χ2v) is 7.42. The Kier molecular flexibility index (Phi) is 5.50. The van der Waals surface area contributed by atoms with E-state index in [-0.39, 0.29) is 12.1 Å². The van der Waals surface area contributed by atoms with Crippen LogP contribution in [0.25, 0.3) is 0 Å². The summed E-state index contributed by atoms with van der Waals surface area (Å²) in [6.45, 7) is 9.24. The van der Waals surface area contributed by atoms with Crippen molar-refractivity contribution in [1.29, 1.82) is 0 Å². The maximum Gasteiger partial charge on any atom is 0.161 e. The zero-order chi connectivity index (χ0) is 18.6. The van der Waals surface area contributed by atoms with E-state index in [1.807, 2.05) is 12.1 Å². The zero-order valence-electron chi connectivity index (χ0n) is 16.1. The molecule has 5 heteroatoms. The molecule has 1 fully saturated rings. The van der Waals surface area contributed by atoms with Gasteiger partial charge in [0.25, 0.3) is 0 Å². The van der Waals surface area contributed by atoms with E-state index in [1.165, 1.54) is 11.1 Å². The third-order valence-corrected chi connectivity index (χ3v) is 4.93. The lowest BCUT2D eigenvalue weighted by molar-refractivity contribution is 0.169. The van der Waals surface area contributed by atoms with E-state index in [2.05, 4.69) is 54.4 Å². The molecule has 0 spiro atoms. The van der Waals surface area contributed by atoms with Crippen molar-refractivity contribution in [2.24, 2.45) is 0 Å². The smallest absolute Gasteiger partial charge is 0.161 e. The lowest BCUT2D eigenvalue weighted by Gasteiger charge is -2.35. The topological polar surface area (TPSA) is 43.0 Å². The summed E-state index contributed by atoms with van der Waals surface area (Å²) in [5.41, 5.74) is 2.49. The first-order valence-corrected chi connectivity index (χ1v) is 9.79. The second kappa shape index (κ2) is 8.19. The van der Waals surface area contributed by atoms with Crippen LogP contribution in [-0.4, -0.2) is 43.9 Å². The predicted octanol–water partition coefficient (Wildman–Crippen LogP) is 3.39. The molecule has 0 aromatic heterocycles. The second-order valence-electron chi connectivity index (χ2n) is 7.42. The Bertz CT molecular complexity index is 778. The summed E-state index contributed by atoms with van der Waals surface area (Å²) >= 11 is 0. The first kappa shape index (κ1) is 18.1. The number of benzene rings is 2. The molecule has 0 amide bonds. The van der Waals surface area contributed by atoms with E-state index in [9.17, 15) is 0 Å². The van der Waals surface area contributed by atoms with Crippen molar-refractivity contribution in [3.63, 3.8) is 0 Å². The van der Waals surface area contributed by atoms with Crippen LogP contribution in [0, 0.1) is 0 Å². The van der Waals surface area contributed by atoms with Gasteiger partial charge < -0.3 is 19.5 Å². The fourth-order valence-corrected chi connectivity index (χ4v) is 3.74. The SMILES string of the molecule is CC(C)Oc1ccccc1C1CN(Cc2ccc3c(c2)OCCO3)CCN1. The minimum absolute atomic E-state index is 0.170. The van der Waals surface area contributed by atoms with Gasteiger partial charge in [-0.2, -0.15) is 0 Å². The number of ether oxygens (including phenoxy) is 3. The minimum atomic E-state index is 0.170. The molecule has 2 aromatic rings. The van der Waals surface area contributed by atoms with Crippen LogP contribution >= 0.6 is 0 Å². The highest BCUT2D eigenvalue weighted by Crippen LogP contribution is 2.32. The van der Waals surface area contributed by atoms with Gasteiger partial charge in [-0.1, -0.05) is 24.3 Å². The van der Waals surface area contributed by atoms with Crippen LogP contribution in [0.2, 0.25) is 0 Å². The molecular weight excluding hydrogens is 340 g/mol. The summed E-state index contributed by atoms with van der Waals surface area (Å²) < 4.78 is 17.4. The van der Waals surface area contributed by atoms with Crippen LogP contribution in [-0.2, 0) is 6.54 Å². The van der Waals surface area contributed by atoms with Crippen LogP contribution in [0.4, 0.5) is 0 Å². The Morgan fingerprint density at radius 2 is 1.93 bits per heavy atom. The van der Waals surface area contributed by atoms with Crippen LogP contribution in [0.5, 0.6) is 17.2 Å². The monoisotopic (exact) mass is 368 g/mol. The van der Waals surface area contributed by atoms with Gasteiger partial charge in [0.05, 0.1) is 6.10 Å². The summed E-state index contributed by atoms with van der Waals surface area (Å²) in [4.78, 5) is 2.48. The molecule has 0 bridgehead atoms. The van der Waals surface area contributed by atoms with E-state index in [0.29, 0.717) is 13.2 Å². The number of nitrogens with one attached hydrogen (secondary N) is 1. The highest BCUT2D eigenvalue weighted by Gasteiger charge is 2.24. The quantitative estimate of drug-likeness (QED) is 0.876. The maximum absolute atomic E-state index is 6.03. The summed E-state index contributed by atoms with van der Waals surface area (Å²) in [5.74, 6) is 2.69. The van der Waals surface area contributed by atoms with Crippen molar-refractivity contribution >= 4 is 0 Å². The van der Waals surface area contributed by atoms with Gasteiger partial charge in [0, 0.05) is 37.8 Å². The molecular formula is C22H28N2O3. The first-order valence-electron chi connectivity index (χ1n) is 9.79. The molecule has 1 saturated heterocycles. The molecule has 27 heavy (non-hydrogen) atoms. The number of hydrogen-bond donors (Lipinski definition) is 1. The molecule has 0 aliphatic carbocycles. The van der Waals surface area contributed by atoms with Crippen LogP contribution in [0.1, 0.15) is 31.0 Å². The number of hydrogen-bond acceptors (Lipinski definition) is 5. The molecule has 1 N–H and O–H groups in total. The van der Waals surface area contributed by atoms with Gasteiger partial charge in [0.1, 0.15) is 19.0 Å². The third-order valence-electron chi connectivity index (χ3n) is 4.93. The molecule has 1 unspecified atom stereocenters. The highest BCUT2D eigenvalue weighted by atomic mass is 16.6. The fraction of sp³-hybridized carbons (Fsp3) is 0.455. The molecule has 2 heterocycles. The maximum atomic E-state index is 6.03. The first-order chi connectivity index (χ1) is 13.2. The Morgan fingerprint density at radius 3 is 2.78 bits per heavy atom. The average molecular weight is 368 g/mol. The number of para-hydroxylation sites is 1. The summed E-state index contributed by atoms with van der Waals surface area (Å²) in [6, 6.07) is 14.9. The Labute approximate surface area is 161 Å². The minimum Gasteiger partial charge on any atom is -0.491 e. The molecule has 0 radical (unpaired) electrons. The molecule has 0 saturated carbocycles. The van der Waals surface area contributed by atoms with Gasteiger partial charge in [0.2, 0.25) is 0 Å². The van der Waals surface area contributed by atoms with Crippen molar-refractivity contribution in [3.8, 4) is 17.2 Å². The van der Waals surface area contributed by atoms with Gasteiger partial charge in [-0.05, 0) is 37.6 Å². The predicted molar refractivity (Wildman–Crippen MR) is 106 cm³/mol. The van der Waals surface area contributed by atoms with Crippen molar-refractivity contribution in [3.05, 3.63) is 53.6 Å². The van der Waals surface area contributed by atoms with Gasteiger partial charge in [-0.3, -0.25) is 4.90 Å². The Hall–Kier alpha value is -2.24. The summed E-state index contributed by atoms with van der Waals surface area (Å²) in [7, 11) is 0. The van der Waals surface area contributed by atoms with Gasteiger partial charge in [-0.15, -0.1) is 0 Å². The number of piperazine rings is 1. The van der Waals surface area contributed by atoms with Crippen LogP contribution in [0.3, 0.4) is 0 Å². The van der Waals surface area contributed by atoms with E-state index in [1.54, 1.807) is 0 Å². The number of fused-ring (bicyclic) bond motifs is 1.